The minimum absolute atomic E-state index is 0.590. The third-order valence-electron chi connectivity index (χ3n) is 2.88. The number of ether oxygens (including phenoxy) is 1. The maximum Gasteiger partial charge on any atom is 0.126 e. The Labute approximate surface area is 112 Å². The number of hydrogen-bond donors (Lipinski definition) is 1. The Kier molecular flexibility index (Phi) is 3.90. The normalized spacial score (nSPS) is 12.2. The predicted octanol–water partition coefficient (Wildman–Crippen LogP) is 3.74. The Morgan fingerprint density at radius 2 is 1.78 bits per heavy atom. The fourth-order valence-electron chi connectivity index (χ4n) is 1.84. The van der Waals surface area contributed by atoms with Crippen LogP contribution in [0.5, 0.6) is 5.75 Å². The van der Waals surface area contributed by atoms with E-state index in [9.17, 15) is 5.11 Å². The van der Waals surface area contributed by atoms with Gasteiger partial charge in [-0.2, -0.15) is 0 Å². The van der Waals surface area contributed by atoms with Crippen molar-refractivity contribution in [2.75, 3.05) is 7.11 Å². The van der Waals surface area contributed by atoms with E-state index in [-0.39, 0.29) is 0 Å². The summed E-state index contributed by atoms with van der Waals surface area (Å²) in [6.07, 6.45) is -0.710. The van der Waals surface area contributed by atoms with Gasteiger partial charge in [0, 0.05) is 10.6 Å². The van der Waals surface area contributed by atoms with Crippen molar-refractivity contribution in [2.24, 2.45) is 0 Å². The number of hydrogen-bond acceptors (Lipinski definition) is 2. The molecule has 0 aliphatic rings. The van der Waals surface area contributed by atoms with Crippen LogP contribution in [0.3, 0.4) is 0 Å². The Morgan fingerprint density at radius 3 is 2.39 bits per heavy atom. The molecule has 0 bridgehead atoms. The summed E-state index contributed by atoms with van der Waals surface area (Å²) in [6, 6.07) is 13.0. The highest BCUT2D eigenvalue weighted by molar-refractivity contribution is 6.30. The first-order chi connectivity index (χ1) is 8.61. The number of benzene rings is 2. The molecule has 1 unspecified atom stereocenters. The van der Waals surface area contributed by atoms with Crippen LogP contribution in [0.2, 0.25) is 5.02 Å². The second-order valence-corrected chi connectivity index (χ2v) is 4.64. The molecule has 0 fully saturated rings. The molecule has 0 heterocycles. The first-order valence-corrected chi connectivity index (χ1v) is 6.07. The maximum absolute atomic E-state index is 10.4. The van der Waals surface area contributed by atoms with Gasteiger partial charge in [-0.1, -0.05) is 47.5 Å². The number of aryl methyl sites for hydroxylation is 1. The quantitative estimate of drug-likeness (QED) is 0.913. The lowest BCUT2D eigenvalue weighted by Crippen LogP contribution is -2.02. The Bertz CT molecular complexity index is 535. The SMILES string of the molecule is COc1cc(Cl)ccc1C(O)c1ccc(C)cc1. The molecule has 0 aromatic heterocycles. The summed E-state index contributed by atoms with van der Waals surface area (Å²) < 4.78 is 5.25. The van der Waals surface area contributed by atoms with Gasteiger partial charge in [0.15, 0.2) is 0 Å². The van der Waals surface area contributed by atoms with Gasteiger partial charge in [0.1, 0.15) is 11.9 Å². The molecule has 0 saturated heterocycles. The molecule has 1 atom stereocenters. The molecule has 18 heavy (non-hydrogen) atoms. The van der Waals surface area contributed by atoms with E-state index in [4.69, 9.17) is 16.3 Å². The second-order valence-electron chi connectivity index (χ2n) is 4.20. The molecule has 2 aromatic carbocycles. The topological polar surface area (TPSA) is 29.5 Å². The van der Waals surface area contributed by atoms with E-state index in [1.54, 1.807) is 25.3 Å². The molecule has 0 aliphatic carbocycles. The van der Waals surface area contributed by atoms with E-state index < -0.39 is 6.10 Å². The maximum atomic E-state index is 10.4. The Hall–Kier alpha value is -1.51. The molecule has 0 aliphatic heterocycles. The largest absolute Gasteiger partial charge is 0.496 e. The summed E-state index contributed by atoms with van der Waals surface area (Å²) >= 11 is 5.91. The summed E-state index contributed by atoms with van der Waals surface area (Å²) in [4.78, 5) is 0. The van der Waals surface area contributed by atoms with Crippen LogP contribution < -0.4 is 4.74 Å². The van der Waals surface area contributed by atoms with Crippen molar-refractivity contribution in [3.05, 3.63) is 64.2 Å². The molecule has 1 N–H and O–H groups in total. The van der Waals surface area contributed by atoms with E-state index in [0.717, 1.165) is 11.1 Å². The van der Waals surface area contributed by atoms with E-state index in [0.29, 0.717) is 16.3 Å². The number of rotatable bonds is 3. The van der Waals surface area contributed by atoms with Gasteiger partial charge in [0.2, 0.25) is 0 Å². The number of aliphatic hydroxyl groups excluding tert-OH is 1. The van der Waals surface area contributed by atoms with Gasteiger partial charge in [-0.3, -0.25) is 0 Å². The van der Waals surface area contributed by atoms with Gasteiger partial charge in [-0.15, -0.1) is 0 Å². The van der Waals surface area contributed by atoms with Crippen LogP contribution in [0.4, 0.5) is 0 Å². The summed E-state index contributed by atoms with van der Waals surface area (Å²) in [7, 11) is 1.57. The molecule has 2 aromatic rings. The highest BCUT2D eigenvalue weighted by atomic mass is 35.5. The van der Waals surface area contributed by atoms with Crippen molar-refractivity contribution >= 4 is 11.6 Å². The molecule has 2 rings (SSSR count). The van der Waals surface area contributed by atoms with E-state index in [1.807, 2.05) is 31.2 Å². The first-order valence-electron chi connectivity index (χ1n) is 5.70. The Morgan fingerprint density at radius 1 is 1.11 bits per heavy atom. The molecular weight excluding hydrogens is 248 g/mol. The summed E-state index contributed by atoms with van der Waals surface area (Å²) in [5.74, 6) is 0.593. The number of halogens is 1. The van der Waals surface area contributed by atoms with Gasteiger partial charge in [0.25, 0.3) is 0 Å². The fraction of sp³-hybridized carbons (Fsp3) is 0.200. The minimum Gasteiger partial charge on any atom is -0.496 e. The summed E-state index contributed by atoms with van der Waals surface area (Å²) in [6.45, 7) is 2.01. The van der Waals surface area contributed by atoms with Crippen LogP contribution >= 0.6 is 11.6 Å². The molecular formula is C15H15ClO2. The monoisotopic (exact) mass is 262 g/mol. The summed E-state index contributed by atoms with van der Waals surface area (Å²) in [5, 5.41) is 11.0. The van der Waals surface area contributed by atoms with Gasteiger partial charge >= 0.3 is 0 Å². The third kappa shape index (κ3) is 2.66. The van der Waals surface area contributed by atoms with Crippen molar-refractivity contribution in [2.45, 2.75) is 13.0 Å². The standard InChI is InChI=1S/C15H15ClO2/c1-10-3-5-11(6-4-10)15(17)13-8-7-12(16)9-14(13)18-2/h3-9,15,17H,1-2H3. The zero-order valence-corrected chi connectivity index (χ0v) is 11.1. The lowest BCUT2D eigenvalue weighted by molar-refractivity contribution is 0.214. The number of aliphatic hydroxyl groups is 1. The van der Waals surface area contributed by atoms with Gasteiger partial charge in [-0.25, -0.2) is 0 Å². The van der Waals surface area contributed by atoms with Crippen LogP contribution in [0, 0.1) is 6.92 Å². The van der Waals surface area contributed by atoms with Crippen LogP contribution in [-0.4, -0.2) is 12.2 Å². The molecule has 3 heteroatoms. The average Bonchev–Trinajstić information content (AvgIpc) is 2.38. The van der Waals surface area contributed by atoms with E-state index in [1.165, 1.54) is 0 Å². The van der Waals surface area contributed by atoms with Crippen molar-refractivity contribution < 1.29 is 9.84 Å². The van der Waals surface area contributed by atoms with E-state index >= 15 is 0 Å². The van der Waals surface area contributed by atoms with Crippen LogP contribution in [0.25, 0.3) is 0 Å². The van der Waals surface area contributed by atoms with E-state index in [2.05, 4.69) is 0 Å². The third-order valence-corrected chi connectivity index (χ3v) is 3.12. The average molecular weight is 263 g/mol. The predicted molar refractivity (Wildman–Crippen MR) is 73.2 cm³/mol. The summed E-state index contributed by atoms with van der Waals surface area (Å²) in [5.41, 5.74) is 2.71. The lowest BCUT2D eigenvalue weighted by Gasteiger charge is -2.15. The fourth-order valence-corrected chi connectivity index (χ4v) is 2.00. The van der Waals surface area contributed by atoms with Crippen LogP contribution in [0.15, 0.2) is 42.5 Å². The molecule has 0 spiro atoms. The smallest absolute Gasteiger partial charge is 0.126 e. The molecule has 0 radical (unpaired) electrons. The van der Waals surface area contributed by atoms with Gasteiger partial charge in [0.05, 0.1) is 7.11 Å². The lowest BCUT2D eigenvalue weighted by atomic mass is 10.00. The highest BCUT2D eigenvalue weighted by Crippen LogP contribution is 2.32. The van der Waals surface area contributed by atoms with Gasteiger partial charge < -0.3 is 9.84 Å². The number of methoxy groups -OCH3 is 1. The molecule has 0 amide bonds. The molecule has 0 saturated carbocycles. The van der Waals surface area contributed by atoms with Crippen molar-refractivity contribution in [3.63, 3.8) is 0 Å². The Balaban J connectivity index is 2.39. The molecule has 2 nitrogen and oxygen atoms in total. The molecule has 94 valence electrons. The van der Waals surface area contributed by atoms with Crippen molar-refractivity contribution in [1.82, 2.24) is 0 Å². The minimum atomic E-state index is -0.710. The highest BCUT2D eigenvalue weighted by Gasteiger charge is 2.15. The van der Waals surface area contributed by atoms with Crippen LogP contribution in [-0.2, 0) is 0 Å². The first kappa shape index (κ1) is 12.9. The zero-order valence-electron chi connectivity index (χ0n) is 10.4. The van der Waals surface area contributed by atoms with Crippen molar-refractivity contribution in [1.29, 1.82) is 0 Å². The van der Waals surface area contributed by atoms with Gasteiger partial charge in [-0.05, 0) is 24.6 Å². The van der Waals surface area contributed by atoms with Crippen molar-refractivity contribution in [3.8, 4) is 5.75 Å². The second kappa shape index (κ2) is 5.42. The van der Waals surface area contributed by atoms with Crippen LogP contribution in [0.1, 0.15) is 22.8 Å². The zero-order chi connectivity index (χ0) is 13.1.